The van der Waals surface area contributed by atoms with Gasteiger partial charge in [-0.25, -0.2) is 9.78 Å². The Kier molecular flexibility index (Phi) is 2.92. The second-order valence-corrected chi connectivity index (χ2v) is 2.22. The van der Waals surface area contributed by atoms with Crippen LogP contribution >= 0.6 is 0 Å². The number of esters is 1. The molecule has 0 unspecified atom stereocenters. The van der Waals surface area contributed by atoms with E-state index >= 15 is 0 Å². The number of nitriles is 1. The minimum absolute atomic E-state index is 0.143. The normalized spacial score (nSPS) is 8.92. The maximum atomic E-state index is 10.9. The third kappa shape index (κ3) is 2.24. The Morgan fingerprint density at radius 1 is 1.62 bits per heavy atom. The molecule has 1 aromatic heterocycles. The van der Waals surface area contributed by atoms with Crippen molar-refractivity contribution < 1.29 is 9.53 Å². The number of hydrogen-bond donors (Lipinski definition) is 0. The van der Waals surface area contributed by atoms with Gasteiger partial charge in [-0.2, -0.15) is 5.26 Å². The fourth-order valence-corrected chi connectivity index (χ4v) is 0.737. The Morgan fingerprint density at radius 3 is 2.85 bits per heavy atom. The molecule has 0 N–H and O–H groups in total. The van der Waals surface area contributed by atoms with Crippen LogP contribution in [-0.4, -0.2) is 23.0 Å². The minimum atomic E-state index is -0.531. The van der Waals surface area contributed by atoms with Crippen LogP contribution in [0, 0.1) is 11.3 Å². The first kappa shape index (κ1) is 9.13. The fraction of sp³-hybridized carbons (Fsp3) is 0.250. The van der Waals surface area contributed by atoms with Crippen LogP contribution in [0.5, 0.6) is 0 Å². The van der Waals surface area contributed by atoms with Crippen molar-refractivity contribution in [3.8, 4) is 6.07 Å². The molecule has 0 saturated heterocycles. The molecule has 0 amide bonds. The Hall–Kier alpha value is -1.96. The summed E-state index contributed by atoms with van der Waals surface area (Å²) in [6.45, 7) is 0. The molecule has 0 atom stereocenters. The van der Waals surface area contributed by atoms with Crippen LogP contribution in [0.1, 0.15) is 16.2 Å². The quantitative estimate of drug-likeness (QED) is 0.608. The topological polar surface area (TPSA) is 75.9 Å². The molecule has 0 aliphatic carbocycles. The highest BCUT2D eigenvalue weighted by molar-refractivity contribution is 5.86. The molecule has 0 aliphatic heterocycles. The first-order valence-corrected chi connectivity index (χ1v) is 3.54. The van der Waals surface area contributed by atoms with Crippen LogP contribution in [0.4, 0.5) is 0 Å². The number of rotatable bonds is 2. The molecule has 13 heavy (non-hydrogen) atoms. The van der Waals surface area contributed by atoms with E-state index in [1.54, 1.807) is 0 Å². The van der Waals surface area contributed by atoms with Gasteiger partial charge in [-0.15, -0.1) is 0 Å². The van der Waals surface area contributed by atoms with Crippen molar-refractivity contribution in [2.75, 3.05) is 7.11 Å². The molecular weight excluding hydrogens is 170 g/mol. The zero-order valence-electron chi connectivity index (χ0n) is 7.02. The highest BCUT2D eigenvalue weighted by atomic mass is 16.5. The first-order chi connectivity index (χ1) is 6.27. The molecule has 0 radical (unpaired) electrons. The van der Waals surface area contributed by atoms with E-state index in [1.165, 1.54) is 19.5 Å². The van der Waals surface area contributed by atoms with E-state index in [9.17, 15) is 4.79 Å². The minimum Gasteiger partial charge on any atom is -0.464 e. The van der Waals surface area contributed by atoms with Crippen molar-refractivity contribution in [1.29, 1.82) is 5.26 Å². The van der Waals surface area contributed by atoms with Gasteiger partial charge in [0, 0.05) is 0 Å². The second-order valence-electron chi connectivity index (χ2n) is 2.22. The van der Waals surface area contributed by atoms with Crippen LogP contribution in [0.3, 0.4) is 0 Å². The highest BCUT2D eigenvalue weighted by Gasteiger charge is 2.06. The van der Waals surface area contributed by atoms with E-state index in [0.717, 1.165) is 0 Å². The van der Waals surface area contributed by atoms with Gasteiger partial charge in [-0.05, 0) is 0 Å². The van der Waals surface area contributed by atoms with Crippen molar-refractivity contribution in [2.24, 2.45) is 0 Å². The van der Waals surface area contributed by atoms with Gasteiger partial charge in [-0.1, -0.05) is 0 Å². The lowest BCUT2D eigenvalue weighted by Crippen LogP contribution is -2.05. The average molecular weight is 177 g/mol. The Labute approximate surface area is 75.0 Å². The van der Waals surface area contributed by atoms with Crippen LogP contribution in [0.2, 0.25) is 0 Å². The van der Waals surface area contributed by atoms with E-state index in [1.807, 2.05) is 6.07 Å². The maximum Gasteiger partial charge on any atom is 0.358 e. The Balaban J connectivity index is 2.82. The van der Waals surface area contributed by atoms with Crippen molar-refractivity contribution in [2.45, 2.75) is 6.42 Å². The summed E-state index contributed by atoms with van der Waals surface area (Å²) in [5.41, 5.74) is 0.680. The van der Waals surface area contributed by atoms with Gasteiger partial charge in [0.15, 0.2) is 5.69 Å². The molecule has 5 nitrogen and oxygen atoms in total. The molecule has 0 spiro atoms. The van der Waals surface area contributed by atoms with Gasteiger partial charge in [0.1, 0.15) is 0 Å². The molecule has 66 valence electrons. The largest absolute Gasteiger partial charge is 0.464 e. The summed E-state index contributed by atoms with van der Waals surface area (Å²) in [6.07, 6.45) is 2.86. The lowest BCUT2D eigenvalue weighted by Gasteiger charge is -1.97. The predicted octanol–water partition coefficient (Wildman–Crippen LogP) is 0.329. The maximum absolute atomic E-state index is 10.9. The molecule has 0 aliphatic rings. The van der Waals surface area contributed by atoms with Gasteiger partial charge in [0.05, 0.1) is 37.7 Å². The lowest BCUT2D eigenvalue weighted by molar-refractivity contribution is 0.0593. The summed E-state index contributed by atoms with van der Waals surface area (Å²) in [6, 6.07) is 1.93. The number of nitrogens with zero attached hydrogens (tertiary/aromatic N) is 3. The van der Waals surface area contributed by atoms with E-state index < -0.39 is 5.97 Å². The number of aromatic nitrogens is 2. The standard InChI is InChI=1S/C8H7N3O2/c1-13-8(12)7-5-10-6(2-3-9)4-11-7/h4-5H,2H2,1H3. The molecule has 1 rings (SSSR count). The van der Waals surface area contributed by atoms with Gasteiger partial charge < -0.3 is 4.74 Å². The molecule has 5 heteroatoms. The SMILES string of the molecule is COC(=O)c1cnc(CC#N)cn1. The third-order valence-corrected chi connectivity index (χ3v) is 1.36. The molecule has 0 fully saturated rings. The van der Waals surface area contributed by atoms with Crippen molar-refractivity contribution in [1.82, 2.24) is 9.97 Å². The van der Waals surface area contributed by atoms with Crippen molar-refractivity contribution in [3.05, 3.63) is 23.8 Å². The second kappa shape index (κ2) is 4.16. The van der Waals surface area contributed by atoms with Crippen LogP contribution in [0.25, 0.3) is 0 Å². The molecule has 1 aromatic rings. The summed E-state index contributed by atoms with van der Waals surface area (Å²) in [5.74, 6) is -0.531. The summed E-state index contributed by atoms with van der Waals surface area (Å²) in [5, 5.41) is 8.33. The van der Waals surface area contributed by atoms with Gasteiger partial charge in [0.25, 0.3) is 0 Å². The van der Waals surface area contributed by atoms with E-state index in [0.29, 0.717) is 5.69 Å². The summed E-state index contributed by atoms with van der Waals surface area (Å²) in [4.78, 5) is 18.5. The molecule has 0 bridgehead atoms. The Bertz CT molecular complexity index is 339. The van der Waals surface area contributed by atoms with E-state index in [2.05, 4.69) is 14.7 Å². The molecule has 0 saturated carbocycles. The first-order valence-electron chi connectivity index (χ1n) is 3.54. The van der Waals surface area contributed by atoms with Crippen LogP contribution < -0.4 is 0 Å². The van der Waals surface area contributed by atoms with Crippen molar-refractivity contribution in [3.63, 3.8) is 0 Å². The smallest absolute Gasteiger partial charge is 0.358 e. The zero-order chi connectivity index (χ0) is 9.68. The summed E-state index contributed by atoms with van der Waals surface area (Å²) in [7, 11) is 1.27. The average Bonchev–Trinajstić information content (AvgIpc) is 2.18. The van der Waals surface area contributed by atoms with Gasteiger partial charge in [0.2, 0.25) is 0 Å². The summed E-state index contributed by atoms with van der Waals surface area (Å²) < 4.78 is 4.43. The number of hydrogen-bond acceptors (Lipinski definition) is 5. The highest BCUT2D eigenvalue weighted by Crippen LogP contribution is 1.97. The number of carbonyl (C=O) groups is 1. The number of ether oxygens (including phenoxy) is 1. The molecule has 1 heterocycles. The molecule has 0 aromatic carbocycles. The Morgan fingerprint density at radius 2 is 2.38 bits per heavy atom. The lowest BCUT2D eigenvalue weighted by atomic mass is 10.3. The van der Waals surface area contributed by atoms with Gasteiger partial charge in [-0.3, -0.25) is 4.98 Å². The number of carbonyl (C=O) groups excluding carboxylic acids is 1. The molecular formula is C8H7N3O2. The van der Waals surface area contributed by atoms with Crippen LogP contribution in [-0.2, 0) is 11.2 Å². The van der Waals surface area contributed by atoms with Crippen molar-refractivity contribution >= 4 is 5.97 Å². The monoisotopic (exact) mass is 177 g/mol. The fourth-order valence-electron chi connectivity index (χ4n) is 0.737. The van der Waals surface area contributed by atoms with Gasteiger partial charge >= 0.3 is 5.97 Å². The van der Waals surface area contributed by atoms with E-state index in [-0.39, 0.29) is 12.1 Å². The zero-order valence-corrected chi connectivity index (χ0v) is 7.02. The predicted molar refractivity (Wildman–Crippen MR) is 42.7 cm³/mol. The summed E-state index contributed by atoms with van der Waals surface area (Å²) >= 11 is 0. The van der Waals surface area contributed by atoms with Crippen LogP contribution in [0.15, 0.2) is 12.4 Å². The number of methoxy groups -OCH3 is 1. The van der Waals surface area contributed by atoms with E-state index in [4.69, 9.17) is 5.26 Å². The third-order valence-electron chi connectivity index (χ3n) is 1.36.